The molecule has 0 saturated carbocycles. The molecule has 4 aromatic rings. The zero-order chi connectivity index (χ0) is 33.1. The lowest BCUT2D eigenvalue weighted by Gasteiger charge is -2.34. The first-order valence-electron chi connectivity index (χ1n) is 15.0. The van der Waals surface area contributed by atoms with E-state index in [0.29, 0.717) is 18.9 Å². The molecule has 0 fully saturated rings. The van der Waals surface area contributed by atoms with Crippen LogP contribution in [0.25, 0.3) is 0 Å². The van der Waals surface area contributed by atoms with Gasteiger partial charge < -0.3 is 15.0 Å². The van der Waals surface area contributed by atoms with Gasteiger partial charge in [-0.3, -0.25) is 13.9 Å². The standard InChI is InChI=1S/C35H37Br2N3O5S/c1-3-21-38-35(42)33(23-26-9-6-5-7-10-26)39(24-27-11-8-12-29(37)22-27)34(41)25-40(30-15-17-31(18-16-30)45-4-2)46(43,44)32-19-13-28(36)14-20-32/h5-20,22,33H,3-4,21,23-25H2,1-2H3,(H,38,42)/t33-/m1/s1. The van der Waals surface area contributed by atoms with Gasteiger partial charge in [0.25, 0.3) is 10.0 Å². The smallest absolute Gasteiger partial charge is 0.264 e. The summed E-state index contributed by atoms with van der Waals surface area (Å²) < 4.78 is 36.5. The Bertz CT molecular complexity index is 1700. The second-order valence-electron chi connectivity index (χ2n) is 10.5. The van der Waals surface area contributed by atoms with Crippen LogP contribution >= 0.6 is 31.9 Å². The quantitative estimate of drug-likeness (QED) is 0.141. The third kappa shape index (κ3) is 9.43. The number of anilines is 1. The number of carbonyl (C=O) groups excluding carboxylic acids is 2. The number of benzene rings is 4. The summed E-state index contributed by atoms with van der Waals surface area (Å²) >= 11 is 6.87. The highest BCUT2D eigenvalue weighted by atomic mass is 79.9. The van der Waals surface area contributed by atoms with E-state index in [1.807, 2.05) is 68.4 Å². The fourth-order valence-corrected chi connectivity index (χ4v) is 7.01. The van der Waals surface area contributed by atoms with Crippen LogP contribution < -0.4 is 14.4 Å². The van der Waals surface area contributed by atoms with Gasteiger partial charge in [0.1, 0.15) is 18.3 Å². The van der Waals surface area contributed by atoms with E-state index in [2.05, 4.69) is 37.2 Å². The average molecular weight is 772 g/mol. The second-order valence-corrected chi connectivity index (χ2v) is 14.2. The molecule has 0 aliphatic heterocycles. The lowest BCUT2D eigenvalue weighted by atomic mass is 10.0. The van der Waals surface area contributed by atoms with Gasteiger partial charge in [-0.15, -0.1) is 0 Å². The van der Waals surface area contributed by atoms with E-state index in [9.17, 15) is 18.0 Å². The van der Waals surface area contributed by atoms with Crippen LogP contribution in [0.1, 0.15) is 31.4 Å². The van der Waals surface area contributed by atoms with Gasteiger partial charge in [0.2, 0.25) is 11.8 Å². The lowest BCUT2D eigenvalue weighted by molar-refractivity contribution is -0.140. The lowest BCUT2D eigenvalue weighted by Crippen LogP contribution is -2.53. The number of nitrogens with one attached hydrogen (secondary N) is 1. The molecule has 8 nitrogen and oxygen atoms in total. The highest BCUT2D eigenvalue weighted by Gasteiger charge is 2.34. The molecule has 242 valence electrons. The molecular weight excluding hydrogens is 734 g/mol. The first-order valence-corrected chi connectivity index (χ1v) is 18.0. The van der Waals surface area contributed by atoms with E-state index >= 15 is 0 Å². The molecule has 0 spiro atoms. The highest BCUT2D eigenvalue weighted by molar-refractivity contribution is 9.10. The van der Waals surface area contributed by atoms with Crippen LogP contribution in [-0.4, -0.2) is 50.9 Å². The third-order valence-electron chi connectivity index (χ3n) is 7.18. The molecule has 0 aliphatic rings. The van der Waals surface area contributed by atoms with Crippen LogP contribution in [0.5, 0.6) is 5.75 Å². The van der Waals surface area contributed by atoms with E-state index in [-0.39, 0.29) is 29.5 Å². The summed E-state index contributed by atoms with van der Waals surface area (Å²) in [4.78, 5) is 29.8. The van der Waals surface area contributed by atoms with Gasteiger partial charge in [0.15, 0.2) is 0 Å². The molecule has 1 atom stereocenters. The summed E-state index contributed by atoms with van der Waals surface area (Å²) in [6, 6.07) is 28.9. The van der Waals surface area contributed by atoms with Crippen molar-refractivity contribution >= 4 is 59.4 Å². The first kappa shape index (κ1) is 35.2. The monoisotopic (exact) mass is 769 g/mol. The Balaban J connectivity index is 1.79. The van der Waals surface area contributed by atoms with Crippen molar-refractivity contribution in [1.82, 2.24) is 10.2 Å². The molecular formula is C35H37Br2N3O5S. The molecule has 0 saturated heterocycles. The van der Waals surface area contributed by atoms with Crippen molar-refractivity contribution < 1.29 is 22.7 Å². The topological polar surface area (TPSA) is 96.0 Å². The Hall–Kier alpha value is -3.67. The van der Waals surface area contributed by atoms with Crippen LogP contribution in [0.4, 0.5) is 5.69 Å². The molecule has 0 aliphatic carbocycles. The molecule has 4 rings (SSSR count). The predicted octanol–water partition coefficient (Wildman–Crippen LogP) is 6.97. The number of sulfonamides is 1. The minimum absolute atomic E-state index is 0.0254. The van der Waals surface area contributed by atoms with E-state index in [4.69, 9.17) is 4.74 Å². The summed E-state index contributed by atoms with van der Waals surface area (Å²) in [5.74, 6) is -0.259. The summed E-state index contributed by atoms with van der Waals surface area (Å²) in [6.07, 6.45) is 0.971. The molecule has 4 aromatic carbocycles. The zero-order valence-corrected chi connectivity index (χ0v) is 29.7. The summed E-state index contributed by atoms with van der Waals surface area (Å²) in [7, 11) is -4.21. The number of ether oxygens (including phenoxy) is 1. The van der Waals surface area contributed by atoms with E-state index in [0.717, 1.165) is 30.8 Å². The Morgan fingerprint density at radius 2 is 1.50 bits per heavy atom. The number of rotatable bonds is 15. The van der Waals surface area contributed by atoms with Gasteiger partial charge >= 0.3 is 0 Å². The SMILES string of the molecule is CCCNC(=O)[C@@H](Cc1ccccc1)N(Cc1cccc(Br)c1)C(=O)CN(c1ccc(OCC)cc1)S(=O)(=O)c1ccc(Br)cc1. The van der Waals surface area contributed by atoms with Crippen molar-refractivity contribution in [2.75, 3.05) is 24.0 Å². The fourth-order valence-electron chi connectivity index (χ4n) is 4.89. The predicted molar refractivity (Wildman–Crippen MR) is 188 cm³/mol. The largest absolute Gasteiger partial charge is 0.494 e. The van der Waals surface area contributed by atoms with Crippen LogP contribution in [-0.2, 0) is 32.6 Å². The Morgan fingerprint density at radius 3 is 2.13 bits per heavy atom. The van der Waals surface area contributed by atoms with Crippen molar-refractivity contribution in [1.29, 1.82) is 0 Å². The summed E-state index contributed by atoms with van der Waals surface area (Å²) in [6.45, 7) is 4.26. The van der Waals surface area contributed by atoms with E-state index in [1.54, 1.807) is 36.4 Å². The van der Waals surface area contributed by atoms with Gasteiger partial charge in [-0.25, -0.2) is 8.42 Å². The molecule has 0 bridgehead atoms. The molecule has 0 radical (unpaired) electrons. The maximum Gasteiger partial charge on any atom is 0.264 e. The van der Waals surface area contributed by atoms with Crippen LogP contribution in [0.3, 0.4) is 0 Å². The molecule has 0 unspecified atom stereocenters. The van der Waals surface area contributed by atoms with Crippen LogP contribution in [0.2, 0.25) is 0 Å². The fraction of sp³-hybridized carbons (Fsp3) is 0.257. The van der Waals surface area contributed by atoms with E-state index < -0.39 is 28.5 Å². The second kappa shape index (κ2) is 16.8. The summed E-state index contributed by atoms with van der Waals surface area (Å²) in [5.41, 5.74) is 1.95. The van der Waals surface area contributed by atoms with Crippen molar-refractivity contribution in [3.63, 3.8) is 0 Å². The minimum Gasteiger partial charge on any atom is -0.494 e. The number of hydrogen-bond acceptors (Lipinski definition) is 5. The minimum atomic E-state index is -4.21. The van der Waals surface area contributed by atoms with E-state index in [1.165, 1.54) is 17.0 Å². The Morgan fingerprint density at radius 1 is 0.826 bits per heavy atom. The Labute approximate surface area is 288 Å². The normalized spacial score (nSPS) is 11.8. The van der Waals surface area contributed by atoms with Gasteiger partial charge in [-0.2, -0.15) is 0 Å². The van der Waals surface area contributed by atoms with Gasteiger partial charge in [-0.1, -0.05) is 81.2 Å². The maximum absolute atomic E-state index is 14.5. The van der Waals surface area contributed by atoms with Crippen molar-refractivity contribution in [2.24, 2.45) is 0 Å². The number of nitrogens with zero attached hydrogens (tertiary/aromatic N) is 2. The van der Waals surface area contributed by atoms with Gasteiger partial charge in [0.05, 0.1) is 17.2 Å². The first-order chi connectivity index (χ1) is 22.1. The van der Waals surface area contributed by atoms with Crippen molar-refractivity contribution in [3.05, 3.63) is 123 Å². The number of carbonyl (C=O) groups is 2. The summed E-state index contributed by atoms with van der Waals surface area (Å²) in [5, 5.41) is 2.96. The molecule has 46 heavy (non-hydrogen) atoms. The van der Waals surface area contributed by atoms with Gasteiger partial charge in [-0.05, 0) is 85.1 Å². The van der Waals surface area contributed by atoms with Crippen LogP contribution in [0.15, 0.2) is 117 Å². The van der Waals surface area contributed by atoms with Crippen LogP contribution in [0, 0.1) is 0 Å². The number of hydrogen-bond donors (Lipinski definition) is 1. The Kier molecular flexibility index (Phi) is 12.8. The third-order valence-corrected chi connectivity index (χ3v) is 9.99. The average Bonchev–Trinajstić information content (AvgIpc) is 3.05. The van der Waals surface area contributed by atoms with Gasteiger partial charge in [0, 0.05) is 28.5 Å². The molecule has 11 heteroatoms. The molecule has 0 aromatic heterocycles. The molecule has 0 heterocycles. The number of amides is 2. The molecule has 1 N–H and O–H groups in total. The van der Waals surface area contributed by atoms with Crippen molar-refractivity contribution in [3.8, 4) is 5.75 Å². The number of halogens is 2. The molecule has 2 amide bonds. The highest BCUT2D eigenvalue weighted by Crippen LogP contribution is 2.28. The van der Waals surface area contributed by atoms with Crippen molar-refractivity contribution in [2.45, 2.75) is 44.2 Å². The zero-order valence-electron chi connectivity index (χ0n) is 25.7. The maximum atomic E-state index is 14.5.